The number of H-pyrrole nitrogens is 1. The maximum absolute atomic E-state index is 12.5. The van der Waals surface area contributed by atoms with E-state index in [2.05, 4.69) is 10.4 Å². The molecule has 1 aromatic carbocycles. The number of nitro groups is 1. The Morgan fingerprint density at radius 1 is 1.29 bits per heavy atom. The number of rotatable bonds is 3. The van der Waals surface area contributed by atoms with Crippen molar-refractivity contribution in [2.75, 3.05) is 11.1 Å². The van der Waals surface area contributed by atoms with E-state index in [4.69, 9.17) is 0 Å². The Kier molecular flexibility index (Phi) is 4.18. The lowest BCUT2D eigenvalue weighted by Crippen LogP contribution is -2.17. The molecule has 1 unspecified atom stereocenters. The van der Waals surface area contributed by atoms with E-state index < -0.39 is 4.92 Å². The number of aromatic amines is 1. The van der Waals surface area contributed by atoms with Crippen LogP contribution in [0.4, 0.5) is 11.5 Å². The zero-order chi connectivity index (χ0) is 17.4. The van der Waals surface area contributed by atoms with Crippen molar-refractivity contribution in [1.82, 2.24) is 9.78 Å². The van der Waals surface area contributed by atoms with Gasteiger partial charge in [0.05, 0.1) is 21.5 Å². The van der Waals surface area contributed by atoms with Gasteiger partial charge in [-0.1, -0.05) is 12.1 Å². The van der Waals surface area contributed by atoms with Gasteiger partial charge in [0.25, 0.3) is 11.2 Å². The second-order valence-corrected chi connectivity index (χ2v) is 6.85. The molecule has 126 valence electrons. The summed E-state index contributed by atoms with van der Waals surface area (Å²) in [5.41, 5.74) is 0.931. The first-order valence-corrected chi connectivity index (χ1v) is 8.43. The van der Waals surface area contributed by atoms with Crippen LogP contribution in [0.15, 0.2) is 29.1 Å². The van der Waals surface area contributed by atoms with Crippen molar-refractivity contribution in [2.45, 2.75) is 25.1 Å². The molecule has 0 aliphatic carbocycles. The van der Waals surface area contributed by atoms with Gasteiger partial charge in [-0.05, 0) is 19.4 Å². The molecule has 1 amide bonds. The average Bonchev–Trinajstić information content (AvgIpc) is 2.75. The van der Waals surface area contributed by atoms with E-state index in [1.807, 2.05) is 13.8 Å². The zero-order valence-electron chi connectivity index (χ0n) is 13.1. The third-order valence-electron chi connectivity index (χ3n) is 3.79. The van der Waals surface area contributed by atoms with Crippen LogP contribution in [0.5, 0.6) is 0 Å². The lowest BCUT2D eigenvalue weighted by atomic mass is 10.1. The van der Waals surface area contributed by atoms with Gasteiger partial charge in [0.2, 0.25) is 5.91 Å². The Hall–Kier alpha value is -2.55. The summed E-state index contributed by atoms with van der Waals surface area (Å²) in [4.78, 5) is 34.8. The van der Waals surface area contributed by atoms with Crippen LogP contribution >= 0.6 is 11.8 Å². The van der Waals surface area contributed by atoms with E-state index in [1.165, 1.54) is 23.9 Å². The molecule has 1 aromatic heterocycles. The first-order chi connectivity index (χ1) is 11.4. The maximum atomic E-state index is 12.5. The normalized spacial score (nSPS) is 17.3. The van der Waals surface area contributed by atoms with Gasteiger partial charge in [-0.3, -0.25) is 29.5 Å². The second-order valence-electron chi connectivity index (χ2n) is 5.75. The molecule has 0 fully saturated rings. The number of nitro benzene ring substituents is 1. The Morgan fingerprint density at radius 3 is 2.54 bits per heavy atom. The number of hydrogen-bond donors (Lipinski definition) is 2. The molecule has 2 N–H and O–H groups in total. The number of non-ortho nitro benzene ring substituents is 1. The lowest BCUT2D eigenvalue weighted by molar-refractivity contribution is -0.384. The van der Waals surface area contributed by atoms with Crippen LogP contribution in [-0.4, -0.2) is 26.4 Å². The van der Waals surface area contributed by atoms with Gasteiger partial charge in [-0.25, -0.2) is 0 Å². The first-order valence-electron chi connectivity index (χ1n) is 7.38. The van der Waals surface area contributed by atoms with Crippen molar-refractivity contribution >= 4 is 29.2 Å². The van der Waals surface area contributed by atoms with Gasteiger partial charge in [0.1, 0.15) is 5.82 Å². The van der Waals surface area contributed by atoms with E-state index in [0.29, 0.717) is 11.4 Å². The van der Waals surface area contributed by atoms with E-state index in [0.717, 1.165) is 5.56 Å². The van der Waals surface area contributed by atoms with Crippen LogP contribution in [0, 0.1) is 10.1 Å². The molecular weight excluding hydrogens is 332 g/mol. The number of anilines is 1. The summed E-state index contributed by atoms with van der Waals surface area (Å²) in [5.74, 6) is 0.487. The Bertz CT molecular complexity index is 853. The molecule has 1 aliphatic rings. The predicted molar refractivity (Wildman–Crippen MR) is 91.5 cm³/mol. The first kappa shape index (κ1) is 16.3. The van der Waals surface area contributed by atoms with Gasteiger partial charge in [0, 0.05) is 18.2 Å². The Morgan fingerprint density at radius 2 is 1.96 bits per heavy atom. The highest BCUT2D eigenvalue weighted by Gasteiger charge is 2.31. The topological polar surface area (TPSA) is 110 Å². The van der Waals surface area contributed by atoms with Crippen LogP contribution in [-0.2, 0) is 4.79 Å². The number of fused-ring (bicyclic) bond motifs is 1. The summed E-state index contributed by atoms with van der Waals surface area (Å²) >= 11 is 1.33. The fourth-order valence-electron chi connectivity index (χ4n) is 2.67. The standard InChI is InChI=1S/C15H16N4O4S/c1-8(2)18-14-12(15(21)17-18)13(24-7-11(20)16-14)9-3-5-10(6-4-9)19(22)23/h3-6,8,13H,7H2,1-2H3,(H,16,20)(H,17,21). The summed E-state index contributed by atoms with van der Waals surface area (Å²) in [6.07, 6.45) is 0. The molecule has 0 saturated heterocycles. The highest BCUT2D eigenvalue weighted by Crippen LogP contribution is 2.40. The van der Waals surface area contributed by atoms with Crippen LogP contribution in [0.25, 0.3) is 0 Å². The minimum atomic E-state index is -0.470. The van der Waals surface area contributed by atoms with Gasteiger partial charge in [-0.2, -0.15) is 0 Å². The number of nitrogens with one attached hydrogen (secondary N) is 2. The SMILES string of the molecule is CC(C)n1[nH]c(=O)c2c1NC(=O)CSC2c1ccc([N+](=O)[O-])cc1. The summed E-state index contributed by atoms with van der Waals surface area (Å²) in [6, 6.07) is 6.04. The highest BCUT2D eigenvalue weighted by atomic mass is 32.2. The predicted octanol–water partition coefficient (Wildman–Crippen LogP) is 2.44. The van der Waals surface area contributed by atoms with Crippen molar-refractivity contribution in [3.63, 3.8) is 0 Å². The fraction of sp³-hybridized carbons (Fsp3) is 0.333. The number of hydrogen-bond acceptors (Lipinski definition) is 5. The smallest absolute Gasteiger partial charge is 0.270 e. The van der Waals surface area contributed by atoms with Gasteiger partial charge >= 0.3 is 0 Å². The Labute approximate surface area is 141 Å². The molecule has 24 heavy (non-hydrogen) atoms. The minimum Gasteiger partial charge on any atom is -0.310 e. The molecule has 2 heterocycles. The van der Waals surface area contributed by atoms with Crippen molar-refractivity contribution in [3.05, 3.63) is 55.9 Å². The molecule has 0 radical (unpaired) electrons. The summed E-state index contributed by atoms with van der Waals surface area (Å²) in [5, 5.41) is 16.0. The molecular formula is C15H16N4O4S. The van der Waals surface area contributed by atoms with Crippen molar-refractivity contribution in [2.24, 2.45) is 0 Å². The van der Waals surface area contributed by atoms with Crippen molar-refractivity contribution in [1.29, 1.82) is 0 Å². The molecule has 9 heteroatoms. The third-order valence-corrected chi connectivity index (χ3v) is 5.06. The number of amides is 1. The molecule has 0 bridgehead atoms. The van der Waals surface area contributed by atoms with Crippen LogP contribution in [0.2, 0.25) is 0 Å². The minimum absolute atomic E-state index is 0.0135. The quantitative estimate of drug-likeness (QED) is 0.654. The Balaban J connectivity index is 2.12. The molecule has 1 aliphatic heterocycles. The average molecular weight is 348 g/mol. The highest BCUT2D eigenvalue weighted by molar-refractivity contribution is 8.00. The summed E-state index contributed by atoms with van der Waals surface area (Å²) in [7, 11) is 0. The van der Waals surface area contributed by atoms with E-state index in [-0.39, 0.29) is 34.2 Å². The molecule has 0 spiro atoms. The number of aromatic nitrogens is 2. The number of nitrogens with zero attached hydrogens (tertiary/aromatic N) is 2. The van der Waals surface area contributed by atoms with E-state index >= 15 is 0 Å². The number of benzene rings is 1. The molecule has 2 aromatic rings. The van der Waals surface area contributed by atoms with Crippen LogP contribution in [0.3, 0.4) is 0 Å². The van der Waals surface area contributed by atoms with Gasteiger partial charge in [-0.15, -0.1) is 11.8 Å². The molecule has 8 nitrogen and oxygen atoms in total. The van der Waals surface area contributed by atoms with Crippen LogP contribution in [0.1, 0.15) is 36.3 Å². The molecule has 0 saturated carbocycles. The second kappa shape index (κ2) is 6.16. The zero-order valence-corrected chi connectivity index (χ0v) is 13.9. The molecule has 1 atom stereocenters. The summed E-state index contributed by atoms with van der Waals surface area (Å²) < 4.78 is 1.64. The number of carbonyl (C=O) groups is 1. The van der Waals surface area contributed by atoms with E-state index in [1.54, 1.807) is 16.8 Å². The third kappa shape index (κ3) is 2.82. The number of carbonyl (C=O) groups excluding carboxylic acids is 1. The van der Waals surface area contributed by atoms with Gasteiger partial charge in [0.15, 0.2) is 0 Å². The lowest BCUT2D eigenvalue weighted by Gasteiger charge is -2.14. The maximum Gasteiger partial charge on any atom is 0.270 e. The van der Waals surface area contributed by atoms with E-state index in [9.17, 15) is 19.7 Å². The largest absolute Gasteiger partial charge is 0.310 e. The molecule has 3 rings (SSSR count). The summed E-state index contributed by atoms with van der Waals surface area (Å²) in [6.45, 7) is 3.81. The van der Waals surface area contributed by atoms with Gasteiger partial charge < -0.3 is 5.32 Å². The monoisotopic (exact) mass is 348 g/mol. The van der Waals surface area contributed by atoms with Crippen LogP contribution < -0.4 is 10.9 Å². The van der Waals surface area contributed by atoms with Crippen molar-refractivity contribution < 1.29 is 9.72 Å². The fourth-order valence-corrected chi connectivity index (χ4v) is 3.79. The van der Waals surface area contributed by atoms with Crippen molar-refractivity contribution in [3.8, 4) is 0 Å². The number of thioether (sulfide) groups is 1.